The Bertz CT molecular complexity index is 115. The predicted octanol–water partition coefficient (Wildman–Crippen LogP) is 3.12. The number of unbranched alkanes of at least 4 members (excludes halogenated alkanes) is 5. The van der Waals surface area contributed by atoms with E-state index in [-0.39, 0.29) is 0 Å². The van der Waals surface area contributed by atoms with Crippen LogP contribution in [-0.4, -0.2) is 23.4 Å². The zero-order valence-electron chi connectivity index (χ0n) is 10.2. The maximum Gasteiger partial charge on any atom is 0.0459 e. The summed E-state index contributed by atoms with van der Waals surface area (Å²) >= 11 is 0. The summed E-state index contributed by atoms with van der Waals surface area (Å²) in [7, 11) is 0. The van der Waals surface area contributed by atoms with E-state index < -0.39 is 0 Å². The maximum atomic E-state index is 9.16. The van der Waals surface area contributed by atoms with E-state index in [0.29, 0.717) is 19.1 Å². The Morgan fingerprint density at radius 3 is 2.00 bits per heavy atom. The molecule has 0 aliphatic carbocycles. The molecule has 0 amide bonds. The van der Waals surface area contributed by atoms with Crippen LogP contribution in [0.15, 0.2) is 0 Å². The van der Waals surface area contributed by atoms with Crippen molar-refractivity contribution in [2.45, 2.75) is 64.7 Å². The van der Waals surface area contributed by atoms with E-state index in [0.717, 1.165) is 12.8 Å². The van der Waals surface area contributed by atoms with Gasteiger partial charge in [-0.25, -0.2) is 0 Å². The molecule has 0 aromatic carbocycles. The van der Waals surface area contributed by atoms with Gasteiger partial charge < -0.3 is 10.2 Å². The Kier molecular flexibility index (Phi) is 11.9. The highest BCUT2D eigenvalue weighted by atomic mass is 16.3. The number of aliphatic hydroxyl groups is 2. The number of rotatable bonds is 11. The van der Waals surface area contributed by atoms with Crippen LogP contribution in [0.2, 0.25) is 0 Å². The second-order valence-electron chi connectivity index (χ2n) is 4.47. The topological polar surface area (TPSA) is 40.5 Å². The van der Waals surface area contributed by atoms with Gasteiger partial charge in [0.05, 0.1) is 0 Å². The summed E-state index contributed by atoms with van der Waals surface area (Å²) in [4.78, 5) is 0. The van der Waals surface area contributed by atoms with Crippen LogP contribution in [0.25, 0.3) is 0 Å². The fourth-order valence-electron chi connectivity index (χ4n) is 1.89. The molecule has 0 saturated carbocycles. The standard InChI is InChI=1S/C13H28O2/c1-2-3-9-13(12-15)10-7-5-4-6-8-11-14/h13-15H,2-12H2,1H3. The first-order valence-corrected chi connectivity index (χ1v) is 6.56. The molecule has 0 fully saturated rings. The third kappa shape index (κ3) is 10.2. The van der Waals surface area contributed by atoms with Crippen molar-refractivity contribution < 1.29 is 10.2 Å². The van der Waals surface area contributed by atoms with Gasteiger partial charge in [0.1, 0.15) is 0 Å². The molecule has 0 radical (unpaired) electrons. The molecule has 2 heteroatoms. The molecule has 0 spiro atoms. The molecule has 1 unspecified atom stereocenters. The molecule has 2 N–H and O–H groups in total. The van der Waals surface area contributed by atoms with Gasteiger partial charge in [0.25, 0.3) is 0 Å². The first kappa shape index (κ1) is 14.9. The van der Waals surface area contributed by atoms with Crippen molar-refractivity contribution in [2.75, 3.05) is 13.2 Å². The lowest BCUT2D eigenvalue weighted by atomic mass is 9.96. The van der Waals surface area contributed by atoms with Crippen LogP contribution >= 0.6 is 0 Å². The normalized spacial score (nSPS) is 13.0. The highest BCUT2D eigenvalue weighted by Crippen LogP contribution is 2.16. The van der Waals surface area contributed by atoms with Gasteiger partial charge in [-0.15, -0.1) is 0 Å². The average Bonchev–Trinajstić information content (AvgIpc) is 2.27. The van der Waals surface area contributed by atoms with Gasteiger partial charge in [-0.2, -0.15) is 0 Å². The third-order valence-corrected chi connectivity index (χ3v) is 2.99. The lowest BCUT2D eigenvalue weighted by molar-refractivity contribution is 0.204. The Morgan fingerprint density at radius 1 is 0.800 bits per heavy atom. The second-order valence-corrected chi connectivity index (χ2v) is 4.47. The highest BCUT2D eigenvalue weighted by Gasteiger charge is 2.05. The first-order chi connectivity index (χ1) is 7.35. The number of hydrogen-bond donors (Lipinski definition) is 2. The molecule has 0 bridgehead atoms. The SMILES string of the molecule is CCCCC(CO)CCCCCCCO. The van der Waals surface area contributed by atoms with Gasteiger partial charge >= 0.3 is 0 Å². The van der Waals surface area contributed by atoms with Crippen LogP contribution < -0.4 is 0 Å². The van der Waals surface area contributed by atoms with E-state index >= 15 is 0 Å². The maximum absolute atomic E-state index is 9.16. The molecular formula is C13H28O2. The Labute approximate surface area is 94.7 Å². The summed E-state index contributed by atoms with van der Waals surface area (Å²) in [6.07, 6.45) is 10.6. The molecule has 2 nitrogen and oxygen atoms in total. The van der Waals surface area contributed by atoms with Crippen molar-refractivity contribution in [1.29, 1.82) is 0 Å². The molecule has 0 heterocycles. The molecule has 0 aliphatic rings. The zero-order chi connectivity index (χ0) is 11.4. The minimum atomic E-state index is 0.329. The van der Waals surface area contributed by atoms with Crippen molar-refractivity contribution in [3.63, 3.8) is 0 Å². The van der Waals surface area contributed by atoms with Crippen LogP contribution in [0, 0.1) is 5.92 Å². The summed E-state index contributed by atoms with van der Waals surface area (Å²) in [5.74, 6) is 0.530. The molecule has 0 aliphatic heterocycles. The van der Waals surface area contributed by atoms with E-state index in [1.165, 1.54) is 44.9 Å². The van der Waals surface area contributed by atoms with Gasteiger partial charge in [0.15, 0.2) is 0 Å². The van der Waals surface area contributed by atoms with Crippen molar-refractivity contribution >= 4 is 0 Å². The lowest BCUT2D eigenvalue weighted by Crippen LogP contribution is -2.05. The number of hydrogen-bond acceptors (Lipinski definition) is 2. The fraction of sp³-hybridized carbons (Fsp3) is 1.00. The first-order valence-electron chi connectivity index (χ1n) is 6.56. The van der Waals surface area contributed by atoms with Gasteiger partial charge in [0.2, 0.25) is 0 Å². The summed E-state index contributed by atoms with van der Waals surface area (Å²) in [5, 5.41) is 17.8. The molecule has 0 aromatic rings. The zero-order valence-corrected chi connectivity index (χ0v) is 10.2. The van der Waals surface area contributed by atoms with Gasteiger partial charge in [-0.1, -0.05) is 45.4 Å². The van der Waals surface area contributed by atoms with E-state index in [4.69, 9.17) is 10.2 Å². The highest BCUT2D eigenvalue weighted by molar-refractivity contribution is 4.58. The molecule has 0 aromatic heterocycles. The van der Waals surface area contributed by atoms with Crippen LogP contribution in [0.4, 0.5) is 0 Å². The molecule has 15 heavy (non-hydrogen) atoms. The summed E-state index contributed by atoms with van der Waals surface area (Å²) < 4.78 is 0. The van der Waals surface area contributed by atoms with Crippen molar-refractivity contribution in [3.05, 3.63) is 0 Å². The van der Waals surface area contributed by atoms with Crippen LogP contribution in [0.3, 0.4) is 0 Å². The van der Waals surface area contributed by atoms with E-state index in [2.05, 4.69) is 6.92 Å². The smallest absolute Gasteiger partial charge is 0.0459 e. The van der Waals surface area contributed by atoms with Gasteiger partial charge in [-0.05, 0) is 25.2 Å². The second kappa shape index (κ2) is 12.0. The van der Waals surface area contributed by atoms with Crippen LogP contribution in [0.5, 0.6) is 0 Å². The summed E-state index contributed by atoms with van der Waals surface area (Å²) in [5.41, 5.74) is 0. The average molecular weight is 216 g/mol. The van der Waals surface area contributed by atoms with Gasteiger partial charge in [-0.3, -0.25) is 0 Å². The Balaban J connectivity index is 3.22. The number of aliphatic hydroxyl groups excluding tert-OH is 2. The third-order valence-electron chi connectivity index (χ3n) is 2.99. The van der Waals surface area contributed by atoms with E-state index in [1.807, 2.05) is 0 Å². The van der Waals surface area contributed by atoms with E-state index in [1.54, 1.807) is 0 Å². The minimum Gasteiger partial charge on any atom is -0.396 e. The van der Waals surface area contributed by atoms with E-state index in [9.17, 15) is 0 Å². The molecule has 92 valence electrons. The minimum absolute atomic E-state index is 0.329. The van der Waals surface area contributed by atoms with Gasteiger partial charge in [0, 0.05) is 13.2 Å². The lowest BCUT2D eigenvalue weighted by Gasteiger charge is -2.12. The fourth-order valence-corrected chi connectivity index (χ4v) is 1.89. The molecule has 0 rings (SSSR count). The quantitative estimate of drug-likeness (QED) is 0.521. The monoisotopic (exact) mass is 216 g/mol. The Hall–Kier alpha value is -0.0800. The molecular weight excluding hydrogens is 188 g/mol. The van der Waals surface area contributed by atoms with Crippen molar-refractivity contribution in [1.82, 2.24) is 0 Å². The van der Waals surface area contributed by atoms with Crippen molar-refractivity contribution in [3.8, 4) is 0 Å². The molecule has 0 saturated heterocycles. The Morgan fingerprint density at radius 2 is 1.40 bits per heavy atom. The predicted molar refractivity (Wildman–Crippen MR) is 64.9 cm³/mol. The molecule has 1 atom stereocenters. The van der Waals surface area contributed by atoms with Crippen LogP contribution in [-0.2, 0) is 0 Å². The van der Waals surface area contributed by atoms with Crippen molar-refractivity contribution in [2.24, 2.45) is 5.92 Å². The summed E-state index contributed by atoms with van der Waals surface area (Å²) in [6.45, 7) is 2.88. The van der Waals surface area contributed by atoms with Crippen LogP contribution in [0.1, 0.15) is 64.7 Å². The largest absolute Gasteiger partial charge is 0.396 e. The summed E-state index contributed by atoms with van der Waals surface area (Å²) in [6, 6.07) is 0.